The molecule has 1 heterocycles. The first-order chi connectivity index (χ1) is 17.6. The van der Waals surface area contributed by atoms with Crippen LogP contribution in [0.1, 0.15) is 5.56 Å². The van der Waals surface area contributed by atoms with E-state index in [0.717, 1.165) is 32.7 Å². The number of hydrogen-bond acceptors (Lipinski definition) is 5. The highest BCUT2D eigenvalue weighted by molar-refractivity contribution is 7.32. The summed E-state index contributed by atoms with van der Waals surface area (Å²) in [5.41, 5.74) is 3.69. The van der Waals surface area contributed by atoms with Crippen molar-refractivity contribution in [2.75, 3.05) is 7.11 Å². The molecule has 0 unspecified atom stereocenters. The predicted molar refractivity (Wildman–Crippen MR) is 145 cm³/mol. The summed E-state index contributed by atoms with van der Waals surface area (Å²) in [6.07, 6.45) is 0. The average molecular weight is 494 g/mol. The summed E-state index contributed by atoms with van der Waals surface area (Å²) < 4.78 is 24.5. The smallest absolute Gasteiger partial charge is 0.453 e. The van der Waals surface area contributed by atoms with Crippen molar-refractivity contribution < 1.29 is 22.8 Å². The van der Waals surface area contributed by atoms with Crippen LogP contribution in [-0.4, -0.2) is 12.2 Å². The summed E-state index contributed by atoms with van der Waals surface area (Å²) in [5.74, 6) is 0.995. The number of phenols is 1. The summed E-state index contributed by atoms with van der Waals surface area (Å²) in [6, 6.07) is 31.3. The Bertz CT molecular complexity index is 1730. The molecule has 0 atom stereocenters. The first-order valence-corrected chi connectivity index (χ1v) is 12.6. The maximum absolute atomic E-state index is 11.1. The fourth-order valence-corrected chi connectivity index (χ4v) is 5.60. The second-order valence-corrected chi connectivity index (χ2v) is 9.51. The van der Waals surface area contributed by atoms with Gasteiger partial charge in [0.05, 0.1) is 7.11 Å². The molecule has 0 radical (unpaired) electrons. The monoisotopic (exact) mass is 494 g/mol. The summed E-state index contributed by atoms with van der Waals surface area (Å²) in [5, 5.41) is 15.0. The Balaban J connectivity index is 1.63. The van der Waals surface area contributed by atoms with Gasteiger partial charge in [0.2, 0.25) is 0 Å². The minimum atomic E-state index is -1.85. The van der Waals surface area contributed by atoms with Crippen LogP contribution in [0, 0.1) is 6.92 Å². The molecule has 0 saturated heterocycles. The number of rotatable bonds is 4. The Morgan fingerprint density at radius 2 is 1.31 bits per heavy atom. The van der Waals surface area contributed by atoms with E-state index in [1.54, 1.807) is 13.2 Å². The van der Waals surface area contributed by atoms with Gasteiger partial charge in [0.1, 0.15) is 16.9 Å². The summed E-state index contributed by atoms with van der Waals surface area (Å²) >= 11 is 0. The molecule has 5 nitrogen and oxygen atoms in total. The van der Waals surface area contributed by atoms with Crippen LogP contribution < -0.4 is 9.26 Å². The standard InChI is InChI=1S/C30H23O5P/c1-19-17-24(30(31)28(18-19)32-2)29-21-10-4-3-9-20(21)15-16-27(29)35-36-33-25-13-7-5-11-22(25)23-12-6-8-14-26(23)34-36/h3-18,31H,1-2H3. The molecule has 6 heteroatoms. The fraction of sp³-hybridized carbons (Fsp3) is 0.0667. The van der Waals surface area contributed by atoms with E-state index in [4.69, 9.17) is 17.7 Å². The largest absolute Gasteiger partial charge is 0.504 e. The van der Waals surface area contributed by atoms with Crippen LogP contribution in [0.15, 0.2) is 105 Å². The number of aromatic hydroxyl groups is 1. The van der Waals surface area contributed by atoms with Gasteiger partial charge >= 0.3 is 8.24 Å². The second-order valence-electron chi connectivity index (χ2n) is 8.51. The van der Waals surface area contributed by atoms with E-state index in [9.17, 15) is 5.11 Å². The number of fused-ring (bicyclic) bond motifs is 4. The van der Waals surface area contributed by atoms with E-state index in [2.05, 4.69) is 0 Å². The molecule has 36 heavy (non-hydrogen) atoms. The zero-order valence-corrected chi connectivity index (χ0v) is 20.7. The third-order valence-corrected chi connectivity index (χ3v) is 7.22. The van der Waals surface area contributed by atoms with Crippen LogP contribution in [0.3, 0.4) is 0 Å². The average Bonchev–Trinajstić information content (AvgIpc) is 3.06. The van der Waals surface area contributed by atoms with Crippen LogP contribution in [0.25, 0.3) is 43.8 Å². The molecular formula is C30H23O5P. The first-order valence-electron chi connectivity index (χ1n) is 11.5. The molecule has 178 valence electrons. The molecule has 0 aliphatic carbocycles. The van der Waals surface area contributed by atoms with Crippen molar-refractivity contribution in [1.82, 2.24) is 0 Å². The van der Waals surface area contributed by atoms with E-state index < -0.39 is 8.24 Å². The van der Waals surface area contributed by atoms with Gasteiger partial charge in [0, 0.05) is 21.9 Å². The maximum Gasteiger partial charge on any atom is 0.453 e. The fourth-order valence-electron chi connectivity index (χ4n) is 4.53. The van der Waals surface area contributed by atoms with Crippen LogP contribution in [0.2, 0.25) is 0 Å². The normalized spacial score (nSPS) is 11.2. The van der Waals surface area contributed by atoms with Gasteiger partial charge in [0.15, 0.2) is 11.5 Å². The highest BCUT2D eigenvalue weighted by Gasteiger charge is 2.20. The Labute approximate surface area is 208 Å². The number of ether oxygens (including phenoxy) is 1. The van der Waals surface area contributed by atoms with Gasteiger partial charge in [0.25, 0.3) is 0 Å². The van der Waals surface area contributed by atoms with Crippen molar-refractivity contribution in [3.8, 4) is 28.4 Å². The molecule has 1 aromatic heterocycles. The summed E-state index contributed by atoms with van der Waals surface area (Å²) in [7, 11) is -0.306. The lowest BCUT2D eigenvalue weighted by Gasteiger charge is -2.16. The highest BCUT2D eigenvalue weighted by Crippen LogP contribution is 2.48. The van der Waals surface area contributed by atoms with Crippen molar-refractivity contribution in [2.45, 2.75) is 6.92 Å². The van der Waals surface area contributed by atoms with Crippen molar-refractivity contribution in [3.05, 3.63) is 103 Å². The number of phenolic OH excluding ortho intramolecular Hbond substituents is 1. The number of para-hydroxylation sites is 2. The van der Waals surface area contributed by atoms with Crippen molar-refractivity contribution in [3.63, 3.8) is 0 Å². The van der Waals surface area contributed by atoms with Crippen LogP contribution in [0.5, 0.6) is 17.2 Å². The Morgan fingerprint density at radius 3 is 1.97 bits per heavy atom. The lowest BCUT2D eigenvalue weighted by molar-refractivity contribution is 0.374. The maximum atomic E-state index is 11.1. The van der Waals surface area contributed by atoms with Gasteiger partial charge in [-0.3, -0.25) is 0 Å². The number of methoxy groups -OCH3 is 1. The lowest BCUT2D eigenvalue weighted by Crippen LogP contribution is -1.92. The van der Waals surface area contributed by atoms with Gasteiger partial charge < -0.3 is 22.8 Å². The molecule has 0 amide bonds. The minimum Gasteiger partial charge on any atom is -0.504 e. The van der Waals surface area contributed by atoms with E-state index in [1.165, 1.54) is 0 Å². The quantitative estimate of drug-likeness (QED) is 0.265. The van der Waals surface area contributed by atoms with Crippen molar-refractivity contribution in [2.24, 2.45) is 0 Å². The Kier molecular flexibility index (Phi) is 5.55. The molecule has 0 aliphatic rings. The number of aryl methyl sites for hydroxylation is 1. The van der Waals surface area contributed by atoms with Gasteiger partial charge in [-0.15, -0.1) is 0 Å². The molecule has 6 aromatic rings. The van der Waals surface area contributed by atoms with Crippen molar-refractivity contribution in [1.29, 1.82) is 0 Å². The number of hydrogen-bond donors (Lipinski definition) is 1. The second kappa shape index (κ2) is 9.03. The molecule has 6 rings (SSSR count). The van der Waals surface area contributed by atoms with E-state index >= 15 is 0 Å². The molecule has 1 N–H and O–H groups in total. The zero-order valence-electron chi connectivity index (χ0n) is 19.8. The van der Waals surface area contributed by atoms with Gasteiger partial charge in [-0.2, -0.15) is 0 Å². The van der Waals surface area contributed by atoms with Crippen LogP contribution in [-0.2, 0) is 0 Å². The lowest BCUT2D eigenvalue weighted by atomic mass is 9.95. The Hall–Kier alpha value is -4.34. The van der Waals surface area contributed by atoms with E-state index in [0.29, 0.717) is 28.2 Å². The third-order valence-electron chi connectivity index (χ3n) is 6.18. The summed E-state index contributed by atoms with van der Waals surface area (Å²) in [4.78, 5) is 0. The van der Waals surface area contributed by atoms with E-state index in [1.807, 2.05) is 97.9 Å². The minimum absolute atomic E-state index is 0.0514. The van der Waals surface area contributed by atoms with Gasteiger partial charge in [-0.1, -0.05) is 66.7 Å². The summed E-state index contributed by atoms with van der Waals surface area (Å²) in [6.45, 7) is 1.96. The SMILES string of the molecule is COc1cc(C)cc(-c2c(Op3oc4ccccc4c4ccccc4o3)ccc3ccccc23)c1O. The highest BCUT2D eigenvalue weighted by atomic mass is 31.1. The van der Waals surface area contributed by atoms with E-state index in [-0.39, 0.29) is 5.75 Å². The first kappa shape index (κ1) is 22.1. The molecular weight excluding hydrogens is 471 g/mol. The van der Waals surface area contributed by atoms with Gasteiger partial charge in [-0.05, 0) is 53.6 Å². The van der Waals surface area contributed by atoms with Gasteiger partial charge in [-0.25, -0.2) is 0 Å². The molecule has 5 aromatic carbocycles. The number of benzene rings is 5. The molecule has 0 saturated carbocycles. The molecule has 0 bridgehead atoms. The molecule has 0 fully saturated rings. The zero-order chi connectivity index (χ0) is 24.6. The molecule has 0 spiro atoms. The Morgan fingerprint density at radius 1 is 0.694 bits per heavy atom. The van der Waals surface area contributed by atoms with Crippen molar-refractivity contribution >= 4 is 41.0 Å². The third kappa shape index (κ3) is 3.84. The van der Waals surface area contributed by atoms with Crippen LogP contribution >= 0.6 is 8.24 Å². The molecule has 0 aliphatic heterocycles. The topological polar surface area (TPSA) is 65.0 Å². The predicted octanol–water partition coefficient (Wildman–Crippen LogP) is 8.97. The van der Waals surface area contributed by atoms with Crippen LogP contribution in [0.4, 0.5) is 0 Å².